The zero-order valence-electron chi connectivity index (χ0n) is 16.0. The molecular formula is C20H24N4O5. The molecule has 1 saturated heterocycles. The first-order valence-electron chi connectivity index (χ1n) is 9.53. The first-order valence-corrected chi connectivity index (χ1v) is 9.53. The van der Waals surface area contributed by atoms with Gasteiger partial charge in [-0.25, -0.2) is 0 Å². The minimum atomic E-state index is -0.678. The van der Waals surface area contributed by atoms with Crippen molar-refractivity contribution in [3.63, 3.8) is 0 Å². The molecular weight excluding hydrogens is 376 g/mol. The van der Waals surface area contributed by atoms with Crippen molar-refractivity contribution in [2.24, 2.45) is 0 Å². The van der Waals surface area contributed by atoms with Crippen LogP contribution in [0.5, 0.6) is 0 Å². The lowest BCUT2D eigenvalue weighted by Gasteiger charge is -2.35. The Morgan fingerprint density at radius 2 is 1.31 bits per heavy atom. The normalized spacial score (nSPS) is 16.4. The van der Waals surface area contributed by atoms with E-state index in [0.717, 1.165) is 44.7 Å². The number of hydrogen-bond acceptors (Lipinski definition) is 7. The number of benzene rings is 2. The number of piperazine rings is 1. The van der Waals surface area contributed by atoms with Crippen molar-refractivity contribution in [2.75, 3.05) is 39.3 Å². The lowest BCUT2D eigenvalue weighted by Crippen LogP contribution is -2.47. The Hall–Kier alpha value is -2.88. The van der Waals surface area contributed by atoms with Crippen LogP contribution in [0.3, 0.4) is 0 Å². The quantitative estimate of drug-likeness (QED) is 0.535. The second-order valence-electron chi connectivity index (χ2n) is 7.18. The first-order chi connectivity index (χ1) is 13.9. The van der Waals surface area contributed by atoms with Gasteiger partial charge in [-0.1, -0.05) is 12.1 Å². The van der Waals surface area contributed by atoms with E-state index in [2.05, 4.69) is 9.80 Å². The maximum absolute atomic E-state index is 10.7. The molecule has 0 saturated carbocycles. The van der Waals surface area contributed by atoms with Gasteiger partial charge in [-0.05, 0) is 29.7 Å². The first kappa shape index (κ1) is 20.8. The molecule has 0 aliphatic carbocycles. The van der Waals surface area contributed by atoms with Gasteiger partial charge in [0, 0.05) is 63.5 Å². The topological polar surface area (TPSA) is 113 Å². The van der Waals surface area contributed by atoms with Crippen LogP contribution in [0.15, 0.2) is 48.5 Å². The van der Waals surface area contributed by atoms with Gasteiger partial charge < -0.3 is 10.0 Å². The van der Waals surface area contributed by atoms with E-state index in [9.17, 15) is 25.3 Å². The van der Waals surface area contributed by atoms with E-state index in [-0.39, 0.29) is 11.4 Å². The van der Waals surface area contributed by atoms with Gasteiger partial charge in [-0.3, -0.25) is 25.1 Å². The Morgan fingerprint density at radius 3 is 1.83 bits per heavy atom. The molecule has 1 unspecified atom stereocenters. The third-order valence-electron chi connectivity index (χ3n) is 5.25. The third-order valence-corrected chi connectivity index (χ3v) is 5.25. The van der Waals surface area contributed by atoms with Crippen LogP contribution in [-0.2, 0) is 6.42 Å². The minimum Gasteiger partial charge on any atom is -0.387 e. The van der Waals surface area contributed by atoms with E-state index in [1.165, 1.54) is 24.3 Å². The standard InChI is InChI=1S/C20H24N4O5/c25-20(17-3-7-19(8-4-17)24(28)29)15-22-13-11-21(12-14-22)10-9-16-1-5-18(6-2-16)23(26)27/h1-8,20,25H,9-15H2. The zero-order valence-corrected chi connectivity index (χ0v) is 16.0. The van der Waals surface area contributed by atoms with Crippen molar-refractivity contribution in [2.45, 2.75) is 12.5 Å². The van der Waals surface area contributed by atoms with Crippen LogP contribution >= 0.6 is 0 Å². The Balaban J connectivity index is 1.41. The van der Waals surface area contributed by atoms with Gasteiger partial charge in [0.1, 0.15) is 0 Å². The number of aliphatic hydroxyl groups is 1. The average molecular weight is 400 g/mol. The summed E-state index contributed by atoms with van der Waals surface area (Å²) in [6.45, 7) is 4.83. The van der Waals surface area contributed by atoms with Crippen molar-refractivity contribution in [3.8, 4) is 0 Å². The van der Waals surface area contributed by atoms with Crippen molar-refractivity contribution in [3.05, 3.63) is 79.9 Å². The summed E-state index contributed by atoms with van der Waals surface area (Å²) in [6, 6.07) is 12.7. The highest BCUT2D eigenvalue weighted by Gasteiger charge is 2.20. The molecule has 2 aromatic rings. The fourth-order valence-corrected chi connectivity index (χ4v) is 3.44. The number of nitro benzene ring substituents is 2. The highest BCUT2D eigenvalue weighted by atomic mass is 16.6. The van der Waals surface area contributed by atoms with E-state index >= 15 is 0 Å². The predicted octanol–water partition coefficient (Wildman–Crippen LogP) is 2.40. The molecule has 0 aromatic heterocycles. The summed E-state index contributed by atoms with van der Waals surface area (Å²) >= 11 is 0. The van der Waals surface area contributed by atoms with Crippen LogP contribution in [0.4, 0.5) is 11.4 Å². The lowest BCUT2D eigenvalue weighted by molar-refractivity contribution is -0.385. The number of hydrogen-bond donors (Lipinski definition) is 1. The van der Waals surface area contributed by atoms with Crippen molar-refractivity contribution in [1.29, 1.82) is 0 Å². The van der Waals surface area contributed by atoms with Crippen molar-refractivity contribution in [1.82, 2.24) is 9.80 Å². The number of nitrogens with zero attached hydrogens (tertiary/aromatic N) is 4. The number of nitro groups is 2. The second-order valence-corrected chi connectivity index (χ2v) is 7.18. The molecule has 0 bridgehead atoms. The molecule has 0 amide bonds. The van der Waals surface area contributed by atoms with Crippen LogP contribution < -0.4 is 0 Å². The molecule has 1 N–H and O–H groups in total. The summed E-state index contributed by atoms with van der Waals surface area (Å²) in [5.41, 5.74) is 1.87. The molecule has 154 valence electrons. The van der Waals surface area contributed by atoms with Gasteiger partial charge in [0.05, 0.1) is 16.0 Å². The number of aliphatic hydroxyl groups excluding tert-OH is 1. The molecule has 1 heterocycles. The van der Waals surface area contributed by atoms with E-state index < -0.39 is 16.0 Å². The summed E-state index contributed by atoms with van der Waals surface area (Å²) in [7, 11) is 0. The Morgan fingerprint density at radius 1 is 0.828 bits per heavy atom. The van der Waals surface area contributed by atoms with E-state index in [1.54, 1.807) is 24.3 Å². The average Bonchev–Trinajstić information content (AvgIpc) is 2.73. The number of non-ortho nitro benzene ring substituents is 2. The van der Waals surface area contributed by atoms with Crippen LogP contribution in [0.1, 0.15) is 17.2 Å². The molecule has 1 fully saturated rings. The van der Waals surface area contributed by atoms with Gasteiger partial charge in [0.2, 0.25) is 0 Å². The van der Waals surface area contributed by atoms with Crippen LogP contribution in [0.25, 0.3) is 0 Å². The predicted molar refractivity (Wildman–Crippen MR) is 108 cm³/mol. The second kappa shape index (κ2) is 9.55. The highest BCUT2D eigenvalue weighted by molar-refractivity contribution is 5.34. The van der Waals surface area contributed by atoms with E-state index in [0.29, 0.717) is 12.1 Å². The molecule has 2 aromatic carbocycles. The van der Waals surface area contributed by atoms with Crippen molar-refractivity contribution < 1.29 is 15.0 Å². The smallest absolute Gasteiger partial charge is 0.269 e. The molecule has 0 spiro atoms. The van der Waals surface area contributed by atoms with Gasteiger partial charge in [-0.2, -0.15) is 0 Å². The highest BCUT2D eigenvalue weighted by Crippen LogP contribution is 2.19. The number of β-amino-alcohol motifs (C(OH)–C–C–N with tert-alkyl or cyclic N) is 1. The molecule has 1 aliphatic rings. The summed E-state index contributed by atoms with van der Waals surface area (Å²) < 4.78 is 0. The molecule has 0 radical (unpaired) electrons. The van der Waals surface area contributed by atoms with E-state index in [1.807, 2.05) is 0 Å². The largest absolute Gasteiger partial charge is 0.387 e. The molecule has 3 rings (SSSR count). The maximum Gasteiger partial charge on any atom is 0.269 e. The van der Waals surface area contributed by atoms with Gasteiger partial charge in [0.15, 0.2) is 0 Å². The maximum atomic E-state index is 10.7. The Bertz CT molecular complexity index is 833. The SMILES string of the molecule is O=[N+]([O-])c1ccc(CCN2CCN(CC(O)c3ccc([N+](=O)[O-])cc3)CC2)cc1. The lowest BCUT2D eigenvalue weighted by atomic mass is 10.1. The molecule has 9 heteroatoms. The van der Waals surface area contributed by atoms with Gasteiger partial charge in [0.25, 0.3) is 11.4 Å². The fourth-order valence-electron chi connectivity index (χ4n) is 3.44. The zero-order chi connectivity index (χ0) is 20.8. The molecule has 29 heavy (non-hydrogen) atoms. The monoisotopic (exact) mass is 400 g/mol. The van der Waals surface area contributed by atoms with Crippen LogP contribution in [0.2, 0.25) is 0 Å². The van der Waals surface area contributed by atoms with Crippen LogP contribution in [-0.4, -0.2) is 64.0 Å². The summed E-state index contributed by atoms with van der Waals surface area (Å²) in [4.78, 5) is 25.1. The Kier molecular flexibility index (Phi) is 6.86. The fraction of sp³-hybridized carbons (Fsp3) is 0.400. The summed E-state index contributed by atoms with van der Waals surface area (Å²) in [5, 5.41) is 31.8. The molecule has 9 nitrogen and oxygen atoms in total. The number of rotatable bonds is 8. The molecule has 1 atom stereocenters. The molecule has 1 aliphatic heterocycles. The summed E-state index contributed by atoms with van der Waals surface area (Å²) in [5.74, 6) is 0. The van der Waals surface area contributed by atoms with Crippen LogP contribution in [0, 0.1) is 20.2 Å². The van der Waals surface area contributed by atoms with Crippen molar-refractivity contribution >= 4 is 11.4 Å². The van der Waals surface area contributed by atoms with Gasteiger partial charge in [-0.15, -0.1) is 0 Å². The van der Waals surface area contributed by atoms with Gasteiger partial charge >= 0.3 is 0 Å². The third kappa shape index (κ3) is 5.80. The van der Waals surface area contributed by atoms with E-state index in [4.69, 9.17) is 0 Å². The minimum absolute atomic E-state index is 0.0163. The Labute approximate surface area is 168 Å². The summed E-state index contributed by atoms with van der Waals surface area (Å²) in [6.07, 6.45) is 0.158.